The fraction of sp³-hybridized carbons (Fsp3) is 0.353. The van der Waals surface area contributed by atoms with Crippen LogP contribution in [0.2, 0.25) is 5.02 Å². The van der Waals surface area contributed by atoms with Gasteiger partial charge < -0.3 is 15.5 Å². The first kappa shape index (κ1) is 18.2. The first-order valence-corrected chi connectivity index (χ1v) is 8.15. The van der Waals surface area contributed by atoms with Gasteiger partial charge in [-0.2, -0.15) is 0 Å². The molecule has 1 aromatic carbocycles. The molecule has 24 heavy (non-hydrogen) atoms. The van der Waals surface area contributed by atoms with Crippen LogP contribution < -0.4 is 10.6 Å². The number of carbonyl (C=O) groups excluding carboxylic acids is 1. The van der Waals surface area contributed by atoms with Gasteiger partial charge in [0.2, 0.25) is 5.95 Å². The number of rotatable bonds is 8. The maximum absolute atomic E-state index is 12.1. The maximum Gasteiger partial charge on any atom is 0.254 e. The maximum atomic E-state index is 12.1. The zero-order chi connectivity index (χ0) is 17.4. The van der Waals surface area contributed by atoms with Gasteiger partial charge in [0.05, 0.1) is 5.56 Å². The van der Waals surface area contributed by atoms with Gasteiger partial charge in [-0.25, -0.2) is 9.97 Å². The average Bonchev–Trinajstić information content (AvgIpc) is 2.58. The van der Waals surface area contributed by atoms with Gasteiger partial charge in [-0.05, 0) is 44.8 Å². The number of hydrogen-bond donors (Lipinski definition) is 2. The molecule has 2 rings (SSSR count). The second kappa shape index (κ2) is 9.20. The van der Waals surface area contributed by atoms with Crippen molar-refractivity contribution in [2.75, 3.05) is 32.5 Å². The van der Waals surface area contributed by atoms with E-state index in [2.05, 4.69) is 25.5 Å². The minimum atomic E-state index is -0.205. The quantitative estimate of drug-likeness (QED) is 0.718. The van der Waals surface area contributed by atoms with Crippen molar-refractivity contribution in [1.29, 1.82) is 0 Å². The highest BCUT2D eigenvalue weighted by molar-refractivity contribution is 6.30. The Morgan fingerprint density at radius 2 is 1.83 bits per heavy atom. The minimum absolute atomic E-state index is 0.205. The van der Waals surface area contributed by atoms with Crippen LogP contribution >= 0.6 is 11.6 Å². The van der Waals surface area contributed by atoms with E-state index in [9.17, 15) is 4.79 Å². The Morgan fingerprint density at radius 1 is 1.17 bits per heavy atom. The molecular formula is C17H22ClN5O. The van der Waals surface area contributed by atoms with E-state index in [0.717, 1.165) is 25.1 Å². The number of nitrogens with zero attached hydrogens (tertiary/aromatic N) is 3. The smallest absolute Gasteiger partial charge is 0.254 e. The average molecular weight is 348 g/mol. The largest absolute Gasteiger partial charge is 0.354 e. The third-order valence-electron chi connectivity index (χ3n) is 3.35. The summed E-state index contributed by atoms with van der Waals surface area (Å²) < 4.78 is 0. The molecule has 0 aliphatic carbocycles. The number of anilines is 1. The van der Waals surface area contributed by atoms with Crippen molar-refractivity contribution >= 4 is 23.5 Å². The summed E-state index contributed by atoms with van der Waals surface area (Å²) in [5.41, 5.74) is 1.41. The van der Waals surface area contributed by atoms with E-state index in [1.165, 1.54) is 12.4 Å². The van der Waals surface area contributed by atoms with Crippen molar-refractivity contribution in [1.82, 2.24) is 20.2 Å². The highest BCUT2D eigenvalue weighted by atomic mass is 35.5. The van der Waals surface area contributed by atoms with Crippen molar-refractivity contribution in [3.63, 3.8) is 0 Å². The van der Waals surface area contributed by atoms with E-state index in [0.29, 0.717) is 23.1 Å². The van der Waals surface area contributed by atoms with Gasteiger partial charge in [0.25, 0.3) is 5.91 Å². The molecule has 2 aromatic rings. The van der Waals surface area contributed by atoms with Gasteiger partial charge in [0.1, 0.15) is 0 Å². The molecule has 0 aliphatic rings. The summed E-state index contributed by atoms with van der Waals surface area (Å²) in [7, 11) is 4.07. The van der Waals surface area contributed by atoms with Crippen molar-refractivity contribution in [2.24, 2.45) is 0 Å². The summed E-state index contributed by atoms with van der Waals surface area (Å²) in [5, 5.41) is 6.64. The van der Waals surface area contributed by atoms with Crippen molar-refractivity contribution in [3.8, 4) is 0 Å². The number of carbonyl (C=O) groups is 1. The SMILES string of the molecule is CN(C)CCCNc1ncc(C(=O)NCc2ccc(Cl)cc2)cn1. The Hall–Kier alpha value is -2.18. The molecule has 0 radical (unpaired) electrons. The van der Waals surface area contributed by atoms with Gasteiger partial charge in [-0.15, -0.1) is 0 Å². The topological polar surface area (TPSA) is 70.2 Å². The van der Waals surface area contributed by atoms with Crippen LogP contribution in [0.1, 0.15) is 22.3 Å². The van der Waals surface area contributed by atoms with E-state index >= 15 is 0 Å². The Morgan fingerprint density at radius 3 is 2.46 bits per heavy atom. The van der Waals surface area contributed by atoms with Gasteiger partial charge >= 0.3 is 0 Å². The van der Waals surface area contributed by atoms with Crippen LogP contribution in [-0.2, 0) is 6.54 Å². The van der Waals surface area contributed by atoms with Crippen LogP contribution in [0.25, 0.3) is 0 Å². The van der Waals surface area contributed by atoms with E-state index in [4.69, 9.17) is 11.6 Å². The molecule has 0 unspecified atom stereocenters. The Labute approximate surface area is 147 Å². The van der Waals surface area contributed by atoms with Crippen LogP contribution in [0.5, 0.6) is 0 Å². The van der Waals surface area contributed by atoms with Crippen molar-refractivity contribution in [2.45, 2.75) is 13.0 Å². The third kappa shape index (κ3) is 6.14. The van der Waals surface area contributed by atoms with Crippen LogP contribution in [0, 0.1) is 0 Å². The lowest BCUT2D eigenvalue weighted by Gasteiger charge is -2.10. The van der Waals surface area contributed by atoms with Gasteiger partial charge in [-0.1, -0.05) is 23.7 Å². The van der Waals surface area contributed by atoms with Crippen molar-refractivity contribution < 1.29 is 4.79 Å². The molecule has 1 amide bonds. The molecule has 7 heteroatoms. The molecule has 128 valence electrons. The Bertz CT molecular complexity index is 643. The van der Waals surface area contributed by atoms with Gasteiger partial charge in [-0.3, -0.25) is 4.79 Å². The van der Waals surface area contributed by atoms with E-state index < -0.39 is 0 Å². The fourth-order valence-corrected chi connectivity index (χ4v) is 2.14. The molecule has 6 nitrogen and oxygen atoms in total. The molecule has 2 N–H and O–H groups in total. The number of aromatic nitrogens is 2. The molecule has 0 saturated heterocycles. The summed E-state index contributed by atoms with van der Waals surface area (Å²) in [6.45, 7) is 2.22. The normalized spacial score (nSPS) is 10.7. The predicted molar refractivity (Wildman–Crippen MR) is 96.3 cm³/mol. The number of benzene rings is 1. The summed E-state index contributed by atoms with van der Waals surface area (Å²) in [5.74, 6) is 0.326. The minimum Gasteiger partial charge on any atom is -0.354 e. The predicted octanol–water partition coefficient (Wildman–Crippen LogP) is 2.42. The number of amides is 1. The van der Waals surface area contributed by atoms with E-state index in [1.807, 2.05) is 26.2 Å². The molecule has 0 spiro atoms. The lowest BCUT2D eigenvalue weighted by atomic mass is 10.2. The van der Waals surface area contributed by atoms with E-state index in [-0.39, 0.29) is 5.91 Å². The third-order valence-corrected chi connectivity index (χ3v) is 3.60. The molecule has 0 bridgehead atoms. The molecule has 1 aromatic heterocycles. The van der Waals surface area contributed by atoms with Gasteiger partial charge in [0, 0.05) is 30.5 Å². The molecule has 1 heterocycles. The molecule has 0 saturated carbocycles. The van der Waals surface area contributed by atoms with Crippen LogP contribution in [-0.4, -0.2) is 48.0 Å². The molecule has 0 aliphatic heterocycles. The Kier molecular flexibility index (Phi) is 6.96. The first-order chi connectivity index (χ1) is 11.5. The zero-order valence-electron chi connectivity index (χ0n) is 13.9. The highest BCUT2D eigenvalue weighted by Crippen LogP contribution is 2.09. The lowest BCUT2D eigenvalue weighted by molar-refractivity contribution is 0.0950. The molecular weight excluding hydrogens is 326 g/mol. The summed E-state index contributed by atoms with van der Waals surface area (Å²) in [6, 6.07) is 7.34. The van der Waals surface area contributed by atoms with Crippen molar-refractivity contribution in [3.05, 3.63) is 52.8 Å². The standard InChI is InChI=1S/C17H22ClN5O/c1-23(2)9-3-8-19-17-21-11-14(12-22-17)16(24)20-10-13-4-6-15(18)7-5-13/h4-7,11-12H,3,8-10H2,1-2H3,(H,20,24)(H,19,21,22). The Balaban J connectivity index is 1.79. The fourth-order valence-electron chi connectivity index (χ4n) is 2.02. The second-order valence-corrected chi connectivity index (χ2v) is 6.12. The van der Waals surface area contributed by atoms with Crippen LogP contribution in [0.4, 0.5) is 5.95 Å². The second-order valence-electron chi connectivity index (χ2n) is 5.69. The summed E-state index contributed by atoms with van der Waals surface area (Å²) in [4.78, 5) is 22.5. The zero-order valence-corrected chi connectivity index (χ0v) is 14.7. The van der Waals surface area contributed by atoms with E-state index in [1.54, 1.807) is 12.1 Å². The van der Waals surface area contributed by atoms with Gasteiger partial charge in [0.15, 0.2) is 0 Å². The first-order valence-electron chi connectivity index (χ1n) is 7.78. The lowest BCUT2D eigenvalue weighted by Crippen LogP contribution is -2.23. The number of nitrogens with one attached hydrogen (secondary N) is 2. The monoisotopic (exact) mass is 347 g/mol. The highest BCUT2D eigenvalue weighted by Gasteiger charge is 2.07. The molecule has 0 atom stereocenters. The summed E-state index contributed by atoms with van der Waals surface area (Å²) in [6.07, 6.45) is 4.05. The number of halogens is 1. The summed E-state index contributed by atoms with van der Waals surface area (Å²) >= 11 is 5.83. The van der Waals surface area contributed by atoms with Crippen LogP contribution in [0.15, 0.2) is 36.7 Å². The van der Waals surface area contributed by atoms with Crippen LogP contribution in [0.3, 0.4) is 0 Å². The number of hydrogen-bond acceptors (Lipinski definition) is 5. The molecule has 0 fully saturated rings.